The summed E-state index contributed by atoms with van der Waals surface area (Å²) in [6.07, 6.45) is -2.21. The molecule has 1 amide bonds. The highest BCUT2D eigenvalue weighted by molar-refractivity contribution is 6.07. The van der Waals surface area contributed by atoms with Gasteiger partial charge in [0.1, 0.15) is 5.75 Å². The van der Waals surface area contributed by atoms with Gasteiger partial charge in [0, 0.05) is 11.3 Å². The smallest absolute Gasteiger partial charge is 0.471 e. The van der Waals surface area contributed by atoms with Crippen molar-refractivity contribution in [3.8, 4) is 5.75 Å². The minimum absolute atomic E-state index is 0.0136. The highest BCUT2D eigenvalue weighted by Gasteiger charge is 2.38. The highest BCUT2D eigenvalue weighted by Crippen LogP contribution is 2.20. The summed E-state index contributed by atoms with van der Waals surface area (Å²) in [5.41, 5.74) is 0.883. The molecule has 0 spiro atoms. The van der Waals surface area contributed by atoms with Crippen molar-refractivity contribution in [1.29, 1.82) is 0 Å². The Labute approximate surface area is 148 Å². The average molecular weight is 363 g/mol. The van der Waals surface area contributed by atoms with E-state index in [0.29, 0.717) is 23.5 Å². The summed E-state index contributed by atoms with van der Waals surface area (Å²) in [4.78, 5) is 23.2. The minimum atomic E-state index is -4.96. The summed E-state index contributed by atoms with van der Waals surface area (Å²) in [5, 5.41) is 1.76. The van der Waals surface area contributed by atoms with Crippen molar-refractivity contribution in [3.05, 3.63) is 65.7 Å². The zero-order valence-electron chi connectivity index (χ0n) is 13.8. The third-order valence-electron chi connectivity index (χ3n) is 3.26. The zero-order chi connectivity index (χ0) is 19.2. The molecular formula is C19H16F3NO3. The van der Waals surface area contributed by atoms with Gasteiger partial charge in [-0.2, -0.15) is 13.2 Å². The van der Waals surface area contributed by atoms with Gasteiger partial charge in [0.25, 0.3) is 0 Å². The van der Waals surface area contributed by atoms with E-state index < -0.39 is 12.1 Å². The van der Waals surface area contributed by atoms with Crippen molar-refractivity contribution in [1.82, 2.24) is 0 Å². The molecule has 0 heterocycles. The molecule has 0 bridgehead atoms. The van der Waals surface area contributed by atoms with Gasteiger partial charge in [0.05, 0.1) is 6.61 Å². The lowest BCUT2D eigenvalue weighted by Crippen LogP contribution is -2.29. The quantitative estimate of drug-likeness (QED) is 0.608. The summed E-state index contributed by atoms with van der Waals surface area (Å²) in [6, 6.07) is 12.4. The Morgan fingerprint density at radius 1 is 1.12 bits per heavy atom. The highest BCUT2D eigenvalue weighted by atomic mass is 19.4. The molecule has 2 rings (SSSR count). The Balaban J connectivity index is 2.10. The molecule has 2 aromatic rings. The maximum atomic E-state index is 12.3. The van der Waals surface area contributed by atoms with Gasteiger partial charge in [-0.3, -0.25) is 9.59 Å². The Kier molecular flexibility index (Phi) is 6.16. The molecule has 0 aliphatic rings. The van der Waals surface area contributed by atoms with Gasteiger partial charge in [-0.15, -0.1) is 0 Å². The Hall–Kier alpha value is -3.09. The summed E-state index contributed by atoms with van der Waals surface area (Å²) in [5.74, 6) is -1.76. The molecule has 4 nitrogen and oxygen atoms in total. The Morgan fingerprint density at radius 3 is 2.54 bits per heavy atom. The first-order valence-electron chi connectivity index (χ1n) is 7.73. The molecule has 136 valence electrons. The normalized spacial score (nSPS) is 11.4. The van der Waals surface area contributed by atoms with Gasteiger partial charge in [-0.05, 0) is 42.8 Å². The number of alkyl halides is 3. The number of rotatable bonds is 6. The number of amides is 1. The monoisotopic (exact) mass is 363 g/mol. The van der Waals surface area contributed by atoms with E-state index in [9.17, 15) is 22.8 Å². The second kappa shape index (κ2) is 8.33. The van der Waals surface area contributed by atoms with Gasteiger partial charge in [0.2, 0.25) is 0 Å². The molecule has 0 atom stereocenters. The third-order valence-corrected chi connectivity index (χ3v) is 3.26. The van der Waals surface area contributed by atoms with Crippen molar-refractivity contribution >= 4 is 23.5 Å². The van der Waals surface area contributed by atoms with Gasteiger partial charge >= 0.3 is 12.1 Å². The maximum absolute atomic E-state index is 12.3. The fraction of sp³-hybridized carbons (Fsp3) is 0.158. The molecule has 0 saturated carbocycles. The fourth-order valence-corrected chi connectivity index (χ4v) is 2.10. The lowest BCUT2D eigenvalue weighted by molar-refractivity contribution is -0.167. The molecule has 0 fully saturated rings. The molecule has 26 heavy (non-hydrogen) atoms. The van der Waals surface area contributed by atoms with E-state index in [-0.39, 0.29) is 11.5 Å². The molecule has 0 unspecified atom stereocenters. The molecular weight excluding hydrogens is 347 g/mol. The second-order valence-corrected chi connectivity index (χ2v) is 5.24. The number of carbonyl (C=O) groups is 2. The SMILES string of the molecule is CCOc1cccc(C(=O)/C=C/c2cccc(NC(=O)C(F)(F)F)c2)c1. The van der Waals surface area contributed by atoms with Crippen LogP contribution in [0.15, 0.2) is 54.6 Å². The number of hydrogen-bond acceptors (Lipinski definition) is 3. The Bertz CT molecular complexity index is 829. The standard InChI is InChI=1S/C19H16F3NO3/c1-2-26-16-8-4-6-14(12-16)17(24)10-9-13-5-3-7-15(11-13)23-18(25)19(20,21)22/h3-12H,2H2,1H3,(H,23,25)/b10-9+. The van der Waals surface area contributed by atoms with Crippen molar-refractivity contribution in [2.45, 2.75) is 13.1 Å². The molecule has 0 radical (unpaired) electrons. The van der Waals surface area contributed by atoms with Crippen LogP contribution in [-0.4, -0.2) is 24.5 Å². The largest absolute Gasteiger partial charge is 0.494 e. The number of benzene rings is 2. The first-order valence-corrected chi connectivity index (χ1v) is 7.73. The summed E-state index contributed by atoms with van der Waals surface area (Å²) in [7, 11) is 0. The summed E-state index contributed by atoms with van der Waals surface area (Å²) >= 11 is 0. The number of anilines is 1. The van der Waals surface area contributed by atoms with E-state index >= 15 is 0 Å². The van der Waals surface area contributed by atoms with Crippen LogP contribution < -0.4 is 10.1 Å². The number of halogens is 3. The number of nitrogens with one attached hydrogen (secondary N) is 1. The molecule has 0 aromatic heterocycles. The van der Waals surface area contributed by atoms with Gasteiger partial charge in [-0.1, -0.05) is 30.3 Å². The van der Waals surface area contributed by atoms with Crippen LogP contribution in [0.3, 0.4) is 0 Å². The van der Waals surface area contributed by atoms with Gasteiger partial charge in [0.15, 0.2) is 5.78 Å². The van der Waals surface area contributed by atoms with Crippen LogP contribution in [-0.2, 0) is 4.79 Å². The third kappa shape index (κ3) is 5.47. The number of carbonyl (C=O) groups excluding carboxylic acids is 2. The first-order chi connectivity index (χ1) is 12.3. The van der Waals surface area contributed by atoms with Crippen LogP contribution in [0, 0.1) is 0 Å². The minimum Gasteiger partial charge on any atom is -0.494 e. The van der Waals surface area contributed by atoms with E-state index in [1.165, 1.54) is 30.4 Å². The average Bonchev–Trinajstić information content (AvgIpc) is 2.60. The van der Waals surface area contributed by atoms with Crippen molar-refractivity contribution < 1.29 is 27.5 Å². The van der Waals surface area contributed by atoms with Crippen LogP contribution in [0.5, 0.6) is 5.75 Å². The lowest BCUT2D eigenvalue weighted by atomic mass is 10.1. The Morgan fingerprint density at radius 2 is 1.85 bits per heavy atom. The first kappa shape index (κ1) is 19.2. The number of ketones is 1. The van der Waals surface area contributed by atoms with E-state index in [1.54, 1.807) is 35.6 Å². The predicted octanol–water partition coefficient (Wildman–Crippen LogP) is 4.48. The van der Waals surface area contributed by atoms with Crippen LogP contribution in [0.2, 0.25) is 0 Å². The fourth-order valence-electron chi connectivity index (χ4n) is 2.10. The van der Waals surface area contributed by atoms with Crippen LogP contribution >= 0.6 is 0 Å². The van der Waals surface area contributed by atoms with Crippen molar-refractivity contribution in [2.24, 2.45) is 0 Å². The molecule has 7 heteroatoms. The molecule has 0 saturated heterocycles. The van der Waals surface area contributed by atoms with E-state index in [1.807, 2.05) is 6.92 Å². The second-order valence-electron chi connectivity index (χ2n) is 5.24. The lowest BCUT2D eigenvalue weighted by Gasteiger charge is -2.08. The topological polar surface area (TPSA) is 55.4 Å². The number of allylic oxidation sites excluding steroid dienone is 1. The molecule has 2 aromatic carbocycles. The van der Waals surface area contributed by atoms with E-state index in [4.69, 9.17) is 4.74 Å². The van der Waals surface area contributed by atoms with Crippen molar-refractivity contribution in [3.63, 3.8) is 0 Å². The number of ether oxygens (including phenoxy) is 1. The number of hydrogen-bond donors (Lipinski definition) is 1. The van der Waals surface area contributed by atoms with E-state index in [2.05, 4.69) is 0 Å². The van der Waals surface area contributed by atoms with Gasteiger partial charge in [-0.25, -0.2) is 0 Å². The maximum Gasteiger partial charge on any atom is 0.471 e. The molecule has 1 N–H and O–H groups in total. The predicted molar refractivity (Wildman–Crippen MR) is 92.1 cm³/mol. The van der Waals surface area contributed by atoms with Crippen molar-refractivity contribution in [2.75, 3.05) is 11.9 Å². The summed E-state index contributed by atoms with van der Waals surface area (Å²) in [6.45, 7) is 2.31. The zero-order valence-corrected chi connectivity index (χ0v) is 13.8. The summed E-state index contributed by atoms with van der Waals surface area (Å²) < 4.78 is 42.2. The van der Waals surface area contributed by atoms with Gasteiger partial charge < -0.3 is 10.1 Å². The molecule has 0 aliphatic heterocycles. The van der Waals surface area contributed by atoms with Crippen LogP contribution in [0.25, 0.3) is 6.08 Å². The van der Waals surface area contributed by atoms with Crippen LogP contribution in [0.4, 0.5) is 18.9 Å². The van der Waals surface area contributed by atoms with E-state index in [0.717, 1.165) is 0 Å². The molecule has 0 aliphatic carbocycles. The van der Waals surface area contributed by atoms with Crippen LogP contribution in [0.1, 0.15) is 22.8 Å².